The lowest BCUT2D eigenvalue weighted by Crippen LogP contribution is -2.53. The molecule has 1 aliphatic heterocycles. The van der Waals surface area contributed by atoms with Gasteiger partial charge < -0.3 is 9.80 Å². The van der Waals surface area contributed by atoms with Gasteiger partial charge in [-0.25, -0.2) is 0 Å². The molecule has 0 aliphatic carbocycles. The first-order valence-electron chi connectivity index (χ1n) is 7.59. The molecule has 4 nitrogen and oxygen atoms in total. The molecule has 1 fully saturated rings. The Morgan fingerprint density at radius 1 is 1.38 bits per heavy atom. The van der Waals surface area contributed by atoms with E-state index >= 15 is 0 Å². The molecule has 5 heteroatoms. The number of likely N-dealkylation sites (N-methyl/N-ethyl adjacent to an activating group) is 2. The number of hydrogen-bond acceptors (Lipinski definition) is 4. The summed E-state index contributed by atoms with van der Waals surface area (Å²) in [4.78, 5) is 4.82. The highest BCUT2D eigenvalue weighted by molar-refractivity contribution is 6.31. The van der Waals surface area contributed by atoms with Crippen LogP contribution in [0, 0.1) is 6.92 Å². The van der Waals surface area contributed by atoms with Gasteiger partial charge in [-0.2, -0.15) is 0 Å². The molecule has 0 bridgehead atoms. The number of piperazine rings is 1. The van der Waals surface area contributed by atoms with E-state index in [9.17, 15) is 0 Å². The predicted molar refractivity (Wildman–Crippen MR) is 89.5 cm³/mol. The van der Waals surface area contributed by atoms with Crippen molar-refractivity contribution < 1.29 is 0 Å². The van der Waals surface area contributed by atoms with Gasteiger partial charge in [0.2, 0.25) is 0 Å². The van der Waals surface area contributed by atoms with Gasteiger partial charge in [-0.1, -0.05) is 23.7 Å². The predicted octanol–water partition coefficient (Wildman–Crippen LogP) is 1.66. The smallest absolute Gasteiger partial charge is 0.0441 e. The van der Waals surface area contributed by atoms with E-state index < -0.39 is 0 Å². The van der Waals surface area contributed by atoms with Gasteiger partial charge in [0.25, 0.3) is 0 Å². The lowest BCUT2D eigenvalue weighted by atomic mass is 9.97. The van der Waals surface area contributed by atoms with Crippen molar-refractivity contribution in [1.29, 1.82) is 0 Å². The number of halogens is 1. The highest BCUT2D eigenvalue weighted by Crippen LogP contribution is 2.21. The monoisotopic (exact) mass is 310 g/mol. The van der Waals surface area contributed by atoms with E-state index in [1.807, 2.05) is 6.07 Å². The Kier molecular flexibility index (Phi) is 6.02. The van der Waals surface area contributed by atoms with Crippen molar-refractivity contribution in [2.45, 2.75) is 31.8 Å². The van der Waals surface area contributed by atoms with Gasteiger partial charge in [-0.15, -0.1) is 0 Å². The second kappa shape index (κ2) is 7.56. The number of benzene rings is 1. The number of nitrogens with two attached hydrogens (primary N) is 1. The molecule has 1 saturated heterocycles. The van der Waals surface area contributed by atoms with Gasteiger partial charge in [-0.3, -0.25) is 11.3 Å². The fourth-order valence-corrected chi connectivity index (χ4v) is 3.29. The van der Waals surface area contributed by atoms with Crippen LogP contribution in [0.4, 0.5) is 0 Å². The minimum atomic E-state index is 0.240. The third-order valence-corrected chi connectivity index (χ3v) is 4.80. The third kappa shape index (κ3) is 4.66. The first-order valence-corrected chi connectivity index (χ1v) is 7.97. The molecule has 2 atom stereocenters. The van der Waals surface area contributed by atoms with E-state index in [0.717, 1.165) is 43.1 Å². The van der Waals surface area contributed by atoms with E-state index in [1.54, 1.807) is 0 Å². The maximum Gasteiger partial charge on any atom is 0.0441 e. The summed E-state index contributed by atoms with van der Waals surface area (Å²) in [6.45, 7) is 5.40. The van der Waals surface area contributed by atoms with Crippen molar-refractivity contribution in [3.05, 3.63) is 34.3 Å². The molecule has 2 rings (SSSR count). The third-order valence-electron chi connectivity index (χ3n) is 4.45. The quantitative estimate of drug-likeness (QED) is 0.641. The molecule has 1 aliphatic rings. The van der Waals surface area contributed by atoms with Crippen LogP contribution in [-0.4, -0.2) is 55.6 Å². The molecule has 1 heterocycles. The molecule has 118 valence electrons. The molecule has 1 aromatic carbocycles. The second-order valence-corrected chi connectivity index (χ2v) is 6.70. The van der Waals surface area contributed by atoms with Gasteiger partial charge in [0.15, 0.2) is 0 Å². The zero-order valence-corrected chi connectivity index (χ0v) is 14.0. The van der Waals surface area contributed by atoms with Crippen LogP contribution in [0.1, 0.15) is 17.5 Å². The van der Waals surface area contributed by atoms with Crippen molar-refractivity contribution in [1.82, 2.24) is 15.2 Å². The van der Waals surface area contributed by atoms with Crippen LogP contribution in [0.3, 0.4) is 0 Å². The normalized spacial score (nSPS) is 22.4. The Labute approximate surface area is 133 Å². The van der Waals surface area contributed by atoms with E-state index in [4.69, 9.17) is 17.4 Å². The largest absolute Gasteiger partial charge is 0.304 e. The Bertz CT molecular complexity index is 466. The fourth-order valence-electron chi connectivity index (χ4n) is 2.98. The van der Waals surface area contributed by atoms with Crippen molar-refractivity contribution >= 4 is 11.6 Å². The number of nitrogens with zero attached hydrogens (tertiary/aromatic N) is 2. The van der Waals surface area contributed by atoms with E-state index in [0.29, 0.717) is 6.04 Å². The van der Waals surface area contributed by atoms with Crippen LogP contribution in [0.2, 0.25) is 5.02 Å². The molecule has 1 aromatic rings. The summed E-state index contributed by atoms with van der Waals surface area (Å²) in [5.74, 6) is 5.77. The highest BCUT2D eigenvalue weighted by Gasteiger charge is 2.25. The molecule has 0 radical (unpaired) electrons. The van der Waals surface area contributed by atoms with E-state index in [-0.39, 0.29) is 6.04 Å². The topological polar surface area (TPSA) is 44.5 Å². The van der Waals surface area contributed by atoms with Gasteiger partial charge in [-0.05, 0) is 51.1 Å². The number of aryl methyl sites for hydroxylation is 1. The van der Waals surface area contributed by atoms with Crippen LogP contribution >= 0.6 is 11.6 Å². The molecule has 3 N–H and O–H groups in total. The number of hydrazine groups is 1. The average Bonchev–Trinajstić information content (AvgIpc) is 2.44. The van der Waals surface area contributed by atoms with Gasteiger partial charge >= 0.3 is 0 Å². The Balaban J connectivity index is 1.99. The Hall–Kier alpha value is -0.650. The maximum atomic E-state index is 6.34. The molecule has 21 heavy (non-hydrogen) atoms. The van der Waals surface area contributed by atoms with E-state index in [2.05, 4.69) is 48.4 Å². The van der Waals surface area contributed by atoms with Crippen molar-refractivity contribution in [2.24, 2.45) is 5.84 Å². The molecule has 2 unspecified atom stereocenters. The van der Waals surface area contributed by atoms with Gasteiger partial charge in [0.05, 0.1) is 0 Å². The highest BCUT2D eigenvalue weighted by atomic mass is 35.5. The average molecular weight is 311 g/mol. The summed E-state index contributed by atoms with van der Waals surface area (Å²) in [7, 11) is 4.38. The molecular formula is C16H27ClN4. The van der Waals surface area contributed by atoms with E-state index in [1.165, 1.54) is 5.56 Å². The molecule has 0 spiro atoms. The van der Waals surface area contributed by atoms with Gasteiger partial charge in [0.1, 0.15) is 0 Å². The molecular weight excluding hydrogens is 284 g/mol. The minimum Gasteiger partial charge on any atom is -0.304 e. The zero-order chi connectivity index (χ0) is 15.4. The number of hydrogen-bond donors (Lipinski definition) is 2. The standard InChI is InChI=1S/C16H27ClN4/c1-12-4-5-13(16(17)8-12)9-14(19-18)10-15-11-20(2)6-7-21(15)3/h4-5,8,14-15,19H,6-7,9-11,18H2,1-3H3. The minimum absolute atomic E-state index is 0.240. The van der Waals surface area contributed by atoms with Gasteiger partial charge in [0, 0.05) is 36.7 Å². The lowest BCUT2D eigenvalue weighted by Gasteiger charge is -2.39. The maximum absolute atomic E-state index is 6.34. The van der Waals surface area contributed by atoms with Crippen molar-refractivity contribution in [3.63, 3.8) is 0 Å². The van der Waals surface area contributed by atoms with Crippen LogP contribution in [0.5, 0.6) is 0 Å². The number of rotatable bonds is 5. The van der Waals surface area contributed by atoms with Crippen LogP contribution < -0.4 is 11.3 Å². The fraction of sp³-hybridized carbons (Fsp3) is 0.625. The Morgan fingerprint density at radius 2 is 2.14 bits per heavy atom. The van der Waals surface area contributed by atoms with Crippen molar-refractivity contribution in [2.75, 3.05) is 33.7 Å². The summed E-state index contributed by atoms with van der Waals surface area (Å²) in [5, 5.41) is 0.837. The molecule has 0 aromatic heterocycles. The second-order valence-electron chi connectivity index (χ2n) is 6.29. The van der Waals surface area contributed by atoms with Crippen LogP contribution in [0.15, 0.2) is 18.2 Å². The summed E-state index contributed by atoms with van der Waals surface area (Å²) in [5.41, 5.74) is 5.32. The first-order chi connectivity index (χ1) is 9.99. The number of nitrogens with one attached hydrogen (secondary N) is 1. The SMILES string of the molecule is Cc1ccc(CC(CC2CN(C)CCN2C)NN)c(Cl)c1. The summed E-state index contributed by atoms with van der Waals surface area (Å²) in [6, 6.07) is 7.01. The van der Waals surface area contributed by atoms with Crippen LogP contribution in [-0.2, 0) is 6.42 Å². The van der Waals surface area contributed by atoms with Crippen molar-refractivity contribution in [3.8, 4) is 0 Å². The summed E-state index contributed by atoms with van der Waals surface area (Å²) < 4.78 is 0. The summed E-state index contributed by atoms with van der Waals surface area (Å²) in [6.07, 6.45) is 1.89. The first kappa shape index (κ1) is 16.7. The summed E-state index contributed by atoms with van der Waals surface area (Å²) >= 11 is 6.34. The Morgan fingerprint density at radius 3 is 2.81 bits per heavy atom. The molecule has 0 saturated carbocycles. The lowest BCUT2D eigenvalue weighted by molar-refractivity contribution is 0.101. The van der Waals surface area contributed by atoms with Crippen LogP contribution in [0.25, 0.3) is 0 Å². The molecule has 0 amide bonds. The zero-order valence-electron chi connectivity index (χ0n) is 13.3.